The highest BCUT2D eigenvalue weighted by atomic mass is 16.7. The molecule has 0 radical (unpaired) electrons. The van der Waals surface area contributed by atoms with Crippen molar-refractivity contribution in [1.82, 2.24) is 0 Å². The first kappa shape index (κ1) is 38.6. The van der Waals surface area contributed by atoms with E-state index < -0.39 is 0 Å². The molecule has 5 heteroatoms. The minimum Gasteiger partial charge on any atom is -0.454 e. The molecule has 2 aliphatic carbocycles. The smallest absolute Gasteiger partial charge is 0.252 e. The Balaban J connectivity index is 1.33. The molecular weight excluding hydrogens is 719 g/mol. The van der Waals surface area contributed by atoms with Gasteiger partial charge in [-0.15, -0.1) is 0 Å². The quantitative estimate of drug-likeness (QED) is 0.163. The summed E-state index contributed by atoms with van der Waals surface area (Å²) in [5.41, 5.74) is 22.8. The van der Waals surface area contributed by atoms with Crippen molar-refractivity contribution in [3.63, 3.8) is 0 Å². The van der Waals surface area contributed by atoms with Gasteiger partial charge in [0.1, 0.15) is 0 Å². The van der Waals surface area contributed by atoms with E-state index in [1.807, 2.05) is 0 Å². The first-order valence-electron chi connectivity index (χ1n) is 22.2. The maximum Gasteiger partial charge on any atom is 0.252 e. The molecule has 59 heavy (non-hydrogen) atoms. The molecule has 0 fully saturated rings. The zero-order valence-electron chi connectivity index (χ0n) is 38.2. The van der Waals surface area contributed by atoms with Gasteiger partial charge in [0.25, 0.3) is 6.71 Å². The summed E-state index contributed by atoms with van der Waals surface area (Å²) < 4.78 is 12.7. The molecule has 5 aromatic rings. The highest BCUT2D eigenvalue weighted by Gasteiger charge is 2.49. The molecule has 0 spiro atoms. The van der Waals surface area contributed by atoms with E-state index in [0.29, 0.717) is 0 Å². The molecule has 5 aliphatic rings. The first-order valence-corrected chi connectivity index (χ1v) is 22.2. The Hall–Kier alpha value is -4.64. The molecule has 3 heterocycles. The monoisotopic (exact) mass is 782 g/mol. The van der Waals surface area contributed by atoms with E-state index in [1.54, 1.807) is 0 Å². The summed E-state index contributed by atoms with van der Waals surface area (Å²) in [6.07, 6.45) is 4.72. The van der Waals surface area contributed by atoms with Crippen molar-refractivity contribution in [1.29, 1.82) is 0 Å². The van der Waals surface area contributed by atoms with Gasteiger partial charge in [0.05, 0.1) is 11.4 Å². The van der Waals surface area contributed by atoms with E-state index in [-0.39, 0.29) is 40.6 Å². The van der Waals surface area contributed by atoms with Crippen LogP contribution in [0.15, 0.2) is 66.7 Å². The van der Waals surface area contributed by atoms with Crippen LogP contribution in [0, 0.1) is 20.8 Å². The molecule has 0 atom stereocenters. The number of fused-ring (bicyclic) bond motifs is 8. The molecular formula is C54H63BN2O2. The molecule has 0 N–H and O–H groups in total. The van der Waals surface area contributed by atoms with E-state index >= 15 is 0 Å². The third-order valence-electron chi connectivity index (χ3n) is 15.4. The van der Waals surface area contributed by atoms with E-state index in [9.17, 15) is 0 Å². The van der Waals surface area contributed by atoms with Crippen LogP contribution < -0.4 is 35.7 Å². The number of anilines is 6. The molecule has 0 aromatic heterocycles. The molecule has 0 unspecified atom stereocenters. The molecule has 10 rings (SSSR count). The van der Waals surface area contributed by atoms with Gasteiger partial charge in [0.2, 0.25) is 6.79 Å². The largest absolute Gasteiger partial charge is 0.454 e. The van der Waals surface area contributed by atoms with Crippen molar-refractivity contribution in [2.75, 3.05) is 16.6 Å². The summed E-state index contributed by atoms with van der Waals surface area (Å²) in [5, 5.41) is 0. The summed E-state index contributed by atoms with van der Waals surface area (Å²) in [7, 11) is 0. The number of rotatable bonds is 2. The van der Waals surface area contributed by atoms with Crippen LogP contribution in [0.5, 0.6) is 11.5 Å². The van der Waals surface area contributed by atoms with Gasteiger partial charge in [-0.25, -0.2) is 0 Å². The summed E-state index contributed by atoms with van der Waals surface area (Å²) in [6, 6.07) is 26.9. The molecule has 4 nitrogen and oxygen atoms in total. The summed E-state index contributed by atoms with van der Waals surface area (Å²) in [4.78, 5) is 5.21. The van der Waals surface area contributed by atoms with E-state index in [4.69, 9.17) is 9.47 Å². The number of aryl methyl sites for hydroxylation is 3. The number of ether oxygens (including phenoxy) is 2. The zero-order chi connectivity index (χ0) is 41.9. The lowest BCUT2D eigenvalue weighted by Gasteiger charge is -2.48. The van der Waals surface area contributed by atoms with Crippen molar-refractivity contribution in [2.45, 2.75) is 150 Å². The second-order valence-corrected chi connectivity index (χ2v) is 22.5. The number of nitrogens with zero attached hydrogens (tertiary/aromatic N) is 2. The van der Waals surface area contributed by atoms with Crippen molar-refractivity contribution in [2.24, 2.45) is 0 Å². The summed E-state index contributed by atoms with van der Waals surface area (Å²) in [6.45, 7) is 33.7. The third kappa shape index (κ3) is 5.54. The average Bonchev–Trinajstić information content (AvgIpc) is 3.64. The molecule has 3 aliphatic heterocycles. The van der Waals surface area contributed by atoms with Gasteiger partial charge in [-0.05, 0) is 171 Å². The topological polar surface area (TPSA) is 24.9 Å². The highest BCUT2D eigenvalue weighted by molar-refractivity contribution is 7.00. The van der Waals surface area contributed by atoms with Gasteiger partial charge in [0, 0.05) is 22.7 Å². The average molecular weight is 783 g/mol. The Bertz CT molecular complexity index is 2620. The van der Waals surface area contributed by atoms with Crippen LogP contribution in [-0.2, 0) is 27.1 Å². The van der Waals surface area contributed by atoms with Crippen LogP contribution in [0.1, 0.15) is 146 Å². The van der Waals surface area contributed by atoms with Crippen molar-refractivity contribution >= 4 is 57.2 Å². The lowest BCUT2D eigenvalue weighted by Crippen LogP contribution is -2.62. The highest BCUT2D eigenvalue weighted by Crippen LogP contribution is 2.55. The standard InChI is InChI=1S/C54H63BN2O2/c1-31-23-43-46-44(24-31)57(47-32(2)25-34(26-33(47)3)50(4,5)6)48-40(17-18-45-49(48)59-30-58-45)55(46)41-28-38-39(54(13,14)22-21-53(38,11)12)29-42(41)56(43)35-15-16-36-37(27-35)52(9,10)20-19-51(36,7)8/h15-18,23-29H,19-22,30H2,1-14H3. The van der Waals surface area contributed by atoms with Crippen molar-refractivity contribution in [3.8, 4) is 11.5 Å². The summed E-state index contributed by atoms with van der Waals surface area (Å²) in [5.74, 6) is 1.66. The van der Waals surface area contributed by atoms with Crippen LogP contribution in [0.4, 0.5) is 34.1 Å². The molecule has 5 aromatic carbocycles. The predicted octanol–water partition coefficient (Wildman–Crippen LogP) is 12.4. The fraction of sp³-hybridized carbons (Fsp3) is 0.444. The van der Waals surface area contributed by atoms with E-state index in [0.717, 1.165) is 17.2 Å². The lowest BCUT2D eigenvalue weighted by atomic mass is 9.33. The van der Waals surface area contributed by atoms with Crippen LogP contribution in [0.2, 0.25) is 0 Å². The van der Waals surface area contributed by atoms with Gasteiger partial charge in [-0.2, -0.15) is 0 Å². The van der Waals surface area contributed by atoms with Crippen LogP contribution >= 0.6 is 0 Å². The minimum absolute atomic E-state index is 0.00111. The Labute approximate surface area is 354 Å². The van der Waals surface area contributed by atoms with Gasteiger partial charge in [0.15, 0.2) is 11.5 Å². The number of hydrogen-bond acceptors (Lipinski definition) is 4. The second kappa shape index (κ2) is 12.2. The Morgan fingerprint density at radius 2 is 1.10 bits per heavy atom. The van der Waals surface area contributed by atoms with Crippen molar-refractivity contribution < 1.29 is 9.47 Å². The number of hydrogen-bond donors (Lipinski definition) is 0. The molecule has 0 bridgehead atoms. The Kier molecular flexibility index (Phi) is 8.00. The van der Waals surface area contributed by atoms with Gasteiger partial charge in [-0.1, -0.05) is 106 Å². The Morgan fingerprint density at radius 1 is 0.542 bits per heavy atom. The SMILES string of the molecule is Cc1cc2c3c(c1)N(c1c(C)cc(C(C)(C)C)cc1C)c1c(ccc4c1OCO4)B3c1cc3c(cc1N2c1ccc2c(c1)C(C)(C)CCC2(C)C)C(C)(C)CCC3(C)C. The fourth-order valence-corrected chi connectivity index (χ4v) is 11.6. The predicted molar refractivity (Wildman–Crippen MR) is 250 cm³/mol. The van der Waals surface area contributed by atoms with Crippen LogP contribution in [0.25, 0.3) is 0 Å². The van der Waals surface area contributed by atoms with Crippen molar-refractivity contribution in [3.05, 3.63) is 111 Å². The van der Waals surface area contributed by atoms with Gasteiger partial charge < -0.3 is 19.3 Å². The van der Waals surface area contributed by atoms with E-state index in [2.05, 4.69) is 173 Å². The molecule has 0 saturated heterocycles. The maximum absolute atomic E-state index is 6.54. The molecule has 0 amide bonds. The van der Waals surface area contributed by atoms with Crippen LogP contribution in [0.3, 0.4) is 0 Å². The summed E-state index contributed by atoms with van der Waals surface area (Å²) >= 11 is 0. The maximum atomic E-state index is 6.54. The lowest BCUT2D eigenvalue weighted by molar-refractivity contribution is 0.174. The number of benzene rings is 5. The first-order chi connectivity index (χ1) is 27.6. The van der Waals surface area contributed by atoms with Gasteiger partial charge in [-0.3, -0.25) is 0 Å². The normalized spacial score (nSPS) is 19.7. The third-order valence-corrected chi connectivity index (χ3v) is 15.4. The van der Waals surface area contributed by atoms with Gasteiger partial charge >= 0.3 is 0 Å². The van der Waals surface area contributed by atoms with E-state index in [1.165, 1.54) is 115 Å². The Morgan fingerprint density at radius 3 is 1.71 bits per heavy atom. The molecule has 0 saturated carbocycles. The molecule has 304 valence electrons. The second-order valence-electron chi connectivity index (χ2n) is 22.5. The minimum atomic E-state index is 0.00111. The fourth-order valence-electron chi connectivity index (χ4n) is 11.6. The van der Waals surface area contributed by atoms with Crippen LogP contribution in [-0.4, -0.2) is 13.5 Å². The zero-order valence-corrected chi connectivity index (χ0v) is 38.2.